The fourth-order valence-corrected chi connectivity index (χ4v) is 7.30. The number of para-hydroxylation sites is 1. The van der Waals surface area contributed by atoms with Crippen molar-refractivity contribution < 1.29 is 28.9 Å². The van der Waals surface area contributed by atoms with E-state index in [-0.39, 0.29) is 37.2 Å². The Morgan fingerprint density at radius 2 is 1.38 bits per heavy atom. The summed E-state index contributed by atoms with van der Waals surface area (Å²) in [5, 5.41) is 9.55. The molecule has 2 heterocycles. The molecule has 0 aliphatic carbocycles. The number of aliphatic hydroxyl groups is 1. The molecule has 2 amide bonds. The van der Waals surface area contributed by atoms with Crippen molar-refractivity contribution in [1.29, 1.82) is 0 Å². The number of ether oxygens (including phenoxy) is 3. The summed E-state index contributed by atoms with van der Waals surface area (Å²) >= 11 is 1.70. The number of imide groups is 1. The van der Waals surface area contributed by atoms with E-state index >= 15 is 0 Å². The molecule has 3 atom stereocenters. The quantitative estimate of drug-likeness (QED) is 0.120. The number of methoxy groups -OCH3 is 1. The molecule has 48 heavy (non-hydrogen) atoms. The van der Waals surface area contributed by atoms with Crippen LogP contribution in [0.15, 0.2) is 126 Å². The normalized spacial score (nSPS) is 19.0. The molecule has 242 valence electrons. The molecular formula is C40H35NO6S. The fourth-order valence-electron chi connectivity index (χ4n) is 6.26. The molecule has 0 aromatic heterocycles. The Morgan fingerprint density at radius 1 is 0.750 bits per heavy atom. The molecule has 5 aromatic rings. The third-order valence-corrected chi connectivity index (χ3v) is 10.0. The topological polar surface area (TPSA) is 85.3 Å². The van der Waals surface area contributed by atoms with Crippen LogP contribution < -0.4 is 4.74 Å². The van der Waals surface area contributed by atoms with Crippen molar-refractivity contribution in [2.24, 2.45) is 0 Å². The van der Waals surface area contributed by atoms with Crippen molar-refractivity contribution in [1.82, 2.24) is 4.90 Å². The number of hydrogen-bond donors (Lipinski definition) is 1. The summed E-state index contributed by atoms with van der Waals surface area (Å²) in [4.78, 5) is 28.5. The van der Waals surface area contributed by atoms with Crippen LogP contribution in [0.3, 0.4) is 0 Å². The van der Waals surface area contributed by atoms with Crippen LogP contribution in [0.2, 0.25) is 0 Å². The average molecular weight is 658 g/mol. The zero-order valence-corrected chi connectivity index (χ0v) is 27.3. The van der Waals surface area contributed by atoms with E-state index in [1.165, 1.54) is 4.90 Å². The highest BCUT2D eigenvalue weighted by molar-refractivity contribution is 7.99. The minimum absolute atomic E-state index is 0.0104. The lowest BCUT2D eigenvalue weighted by Gasteiger charge is -2.36. The van der Waals surface area contributed by atoms with Crippen LogP contribution >= 0.6 is 11.8 Å². The Bertz CT molecular complexity index is 1890. The van der Waals surface area contributed by atoms with E-state index in [1.54, 1.807) is 43.1 Å². The van der Waals surface area contributed by atoms with Gasteiger partial charge >= 0.3 is 0 Å². The number of carbonyl (C=O) groups is 2. The monoisotopic (exact) mass is 657 g/mol. The van der Waals surface area contributed by atoms with Gasteiger partial charge in [-0.15, -0.1) is 11.8 Å². The van der Waals surface area contributed by atoms with E-state index in [4.69, 9.17) is 14.2 Å². The van der Waals surface area contributed by atoms with Crippen LogP contribution in [-0.4, -0.2) is 40.8 Å². The molecule has 7 rings (SSSR count). The second kappa shape index (κ2) is 14.2. The van der Waals surface area contributed by atoms with Gasteiger partial charge in [0.15, 0.2) is 6.29 Å². The number of rotatable bonds is 10. The smallest absolute Gasteiger partial charge is 0.261 e. The molecule has 8 heteroatoms. The highest BCUT2D eigenvalue weighted by Crippen LogP contribution is 2.41. The van der Waals surface area contributed by atoms with Gasteiger partial charge in [0.1, 0.15) is 5.75 Å². The Balaban J connectivity index is 1.12. The minimum Gasteiger partial charge on any atom is -0.496 e. The predicted octanol–water partition coefficient (Wildman–Crippen LogP) is 7.99. The van der Waals surface area contributed by atoms with Gasteiger partial charge in [-0.2, -0.15) is 0 Å². The van der Waals surface area contributed by atoms with Crippen LogP contribution in [0.5, 0.6) is 5.75 Å². The summed E-state index contributed by atoms with van der Waals surface area (Å²) in [6, 6.07) is 38.7. The molecule has 1 fully saturated rings. The van der Waals surface area contributed by atoms with E-state index < -0.39 is 6.29 Å². The Morgan fingerprint density at radius 3 is 2.06 bits per heavy atom. The Kier molecular flexibility index (Phi) is 9.40. The number of hydrogen-bond acceptors (Lipinski definition) is 7. The number of aliphatic hydroxyl groups excluding tert-OH is 1. The zero-order valence-electron chi connectivity index (χ0n) is 26.5. The summed E-state index contributed by atoms with van der Waals surface area (Å²) in [7, 11) is 1.68. The maximum absolute atomic E-state index is 13.1. The first-order valence-electron chi connectivity index (χ1n) is 15.9. The number of thioether (sulfide) groups is 1. The second-order valence-corrected chi connectivity index (χ2v) is 12.9. The maximum Gasteiger partial charge on any atom is 0.261 e. The molecule has 5 aromatic carbocycles. The van der Waals surface area contributed by atoms with Crippen molar-refractivity contribution in [2.75, 3.05) is 12.9 Å². The van der Waals surface area contributed by atoms with E-state index in [9.17, 15) is 14.7 Å². The molecule has 2 aliphatic rings. The third-order valence-electron chi connectivity index (χ3n) is 8.83. The largest absolute Gasteiger partial charge is 0.496 e. The SMILES string of the molecule is COc1ccccc1SCC1CC(c2ccc(CO)cc2)OC(c2ccc(-c3ccccc3CN3C(=O)c4ccccc4C3=O)cc2)O1. The first-order valence-corrected chi connectivity index (χ1v) is 16.9. The first kappa shape index (κ1) is 31.8. The maximum atomic E-state index is 13.1. The summed E-state index contributed by atoms with van der Waals surface area (Å²) < 4.78 is 18.7. The van der Waals surface area contributed by atoms with E-state index in [2.05, 4.69) is 6.07 Å². The summed E-state index contributed by atoms with van der Waals surface area (Å²) in [6.07, 6.45) is -0.200. The van der Waals surface area contributed by atoms with Crippen molar-refractivity contribution in [3.05, 3.63) is 155 Å². The van der Waals surface area contributed by atoms with E-state index in [0.717, 1.165) is 44.0 Å². The van der Waals surface area contributed by atoms with Crippen LogP contribution in [0.4, 0.5) is 0 Å². The van der Waals surface area contributed by atoms with Crippen molar-refractivity contribution in [2.45, 2.75) is 43.0 Å². The van der Waals surface area contributed by atoms with Gasteiger partial charge in [-0.3, -0.25) is 14.5 Å². The number of fused-ring (bicyclic) bond motifs is 1. The molecular weight excluding hydrogens is 623 g/mol. The van der Waals surface area contributed by atoms with Crippen LogP contribution in [0.25, 0.3) is 11.1 Å². The number of benzene rings is 5. The second-order valence-electron chi connectivity index (χ2n) is 11.8. The lowest BCUT2D eigenvalue weighted by Crippen LogP contribution is -2.31. The van der Waals surface area contributed by atoms with Gasteiger partial charge in [-0.25, -0.2) is 0 Å². The predicted molar refractivity (Wildman–Crippen MR) is 185 cm³/mol. The highest BCUT2D eigenvalue weighted by atomic mass is 32.2. The van der Waals surface area contributed by atoms with Crippen LogP contribution in [0.1, 0.15) is 61.8 Å². The van der Waals surface area contributed by atoms with Gasteiger partial charge in [0.2, 0.25) is 0 Å². The Hall–Kier alpha value is -4.73. The Labute approximate surface area is 284 Å². The van der Waals surface area contributed by atoms with Crippen LogP contribution in [0, 0.1) is 0 Å². The molecule has 7 nitrogen and oxygen atoms in total. The van der Waals surface area contributed by atoms with Gasteiger partial charge < -0.3 is 19.3 Å². The lowest BCUT2D eigenvalue weighted by molar-refractivity contribution is -0.245. The summed E-state index contributed by atoms with van der Waals surface area (Å²) in [6.45, 7) is 0.172. The van der Waals surface area contributed by atoms with Crippen molar-refractivity contribution in [3.8, 4) is 16.9 Å². The van der Waals surface area contributed by atoms with Crippen LogP contribution in [-0.2, 0) is 22.6 Å². The van der Waals surface area contributed by atoms with Gasteiger partial charge in [0, 0.05) is 22.6 Å². The van der Waals surface area contributed by atoms with Gasteiger partial charge in [-0.1, -0.05) is 97.1 Å². The fraction of sp³-hybridized carbons (Fsp3) is 0.200. The lowest BCUT2D eigenvalue weighted by atomic mass is 9.97. The highest BCUT2D eigenvalue weighted by Gasteiger charge is 2.36. The number of nitrogens with zero attached hydrogens (tertiary/aromatic N) is 1. The van der Waals surface area contributed by atoms with Gasteiger partial charge in [-0.05, 0) is 52.1 Å². The number of amides is 2. The van der Waals surface area contributed by atoms with Gasteiger partial charge in [0.25, 0.3) is 11.8 Å². The minimum atomic E-state index is -0.591. The van der Waals surface area contributed by atoms with Crippen molar-refractivity contribution in [3.63, 3.8) is 0 Å². The molecule has 0 spiro atoms. The summed E-state index contributed by atoms with van der Waals surface area (Å²) in [5.74, 6) is 1.01. The molecule has 2 aliphatic heterocycles. The molecule has 1 saturated heterocycles. The van der Waals surface area contributed by atoms with E-state index in [0.29, 0.717) is 23.3 Å². The molecule has 0 saturated carbocycles. The summed E-state index contributed by atoms with van der Waals surface area (Å²) in [5.41, 5.74) is 6.44. The number of carbonyl (C=O) groups excluding carboxylic acids is 2. The first-order chi connectivity index (χ1) is 23.5. The standard InChI is InChI=1S/C40H35NO6S/c1-45-35-12-6-7-13-37(35)48-25-31-22-36(28-16-14-26(24-42)15-17-28)47-40(46-31)29-20-18-27(19-21-29)32-9-3-2-8-30(32)23-41-38(43)33-10-4-5-11-34(33)39(41)44/h2-21,31,36,40,42H,22-25H2,1H3. The molecule has 0 bridgehead atoms. The van der Waals surface area contributed by atoms with E-state index in [1.807, 2.05) is 91.0 Å². The molecule has 1 N–H and O–H groups in total. The van der Waals surface area contributed by atoms with Crippen molar-refractivity contribution >= 4 is 23.6 Å². The zero-order chi connectivity index (χ0) is 33.0. The third kappa shape index (κ3) is 6.53. The average Bonchev–Trinajstić information content (AvgIpc) is 3.39. The molecule has 0 radical (unpaired) electrons. The molecule has 3 unspecified atom stereocenters. The van der Waals surface area contributed by atoms with Gasteiger partial charge in [0.05, 0.1) is 43.6 Å².